The van der Waals surface area contributed by atoms with Crippen LogP contribution in [0.5, 0.6) is 0 Å². The highest BCUT2D eigenvalue weighted by Crippen LogP contribution is 2.27. The van der Waals surface area contributed by atoms with Crippen molar-refractivity contribution in [1.82, 2.24) is 0 Å². The van der Waals surface area contributed by atoms with Crippen molar-refractivity contribution in [3.8, 4) is 0 Å². The molecule has 0 unspecified atom stereocenters. The second kappa shape index (κ2) is 4.35. The van der Waals surface area contributed by atoms with E-state index in [1.54, 1.807) is 0 Å². The van der Waals surface area contributed by atoms with Gasteiger partial charge in [-0.1, -0.05) is 38.1 Å². The standard InChI is InChI=1S/C13H19Cl/c1-10(2)9-11-5-7-12(8-6-11)13(3,4)14/h5-8,10H,9H2,1-4H3. The Labute approximate surface area is 92.3 Å². The first-order valence-electron chi connectivity index (χ1n) is 5.18. The zero-order valence-electron chi connectivity index (χ0n) is 9.47. The molecule has 0 aromatic heterocycles. The summed E-state index contributed by atoms with van der Waals surface area (Å²) >= 11 is 6.22. The van der Waals surface area contributed by atoms with Crippen molar-refractivity contribution in [2.24, 2.45) is 5.92 Å². The Morgan fingerprint density at radius 2 is 1.64 bits per heavy atom. The Morgan fingerprint density at radius 3 is 2.00 bits per heavy atom. The van der Waals surface area contributed by atoms with E-state index in [4.69, 9.17) is 11.6 Å². The lowest BCUT2D eigenvalue weighted by Crippen LogP contribution is -2.07. The summed E-state index contributed by atoms with van der Waals surface area (Å²) < 4.78 is 0. The quantitative estimate of drug-likeness (QED) is 0.651. The normalized spacial score (nSPS) is 12.1. The molecule has 0 N–H and O–H groups in total. The van der Waals surface area contributed by atoms with E-state index in [1.165, 1.54) is 11.1 Å². The molecule has 0 saturated heterocycles. The van der Waals surface area contributed by atoms with Crippen molar-refractivity contribution in [1.29, 1.82) is 0 Å². The molecule has 1 rings (SSSR count). The van der Waals surface area contributed by atoms with Gasteiger partial charge in [-0.15, -0.1) is 11.6 Å². The van der Waals surface area contributed by atoms with Crippen LogP contribution in [0.4, 0.5) is 0 Å². The molecule has 0 fully saturated rings. The van der Waals surface area contributed by atoms with Gasteiger partial charge in [0.25, 0.3) is 0 Å². The lowest BCUT2D eigenvalue weighted by Gasteiger charge is -2.16. The van der Waals surface area contributed by atoms with Crippen LogP contribution in [0.25, 0.3) is 0 Å². The molecule has 0 atom stereocenters. The van der Waals surface area contributed by atoms with Crippen LogP contribution in [-0.4, -0.2) is 0 Å². The summed E-state index contributed by atoms with van der Waals surface area (Å²) in [6.07, 6.45) is 1.14. The Balaban J connectivity index is 2.79. The van der Waals surface area contributed by atoms with Gasteiger partial charge in [0, 0.05) is 0 Å². The molecule has 0 nitrogen and oxygen atoms in total. The van der Waals surface area contributed by atoms with E-state index in [9.17, 15) is 0 Å². The van der Waals surface area contributed by atoms with Crippen molar-refractivity contribution in [2.75, 3.05) is 0 Å². The Kier molecular flexibility index (Phi) is 3.60. The molecule has 0 radical (unpaired) electrons. The predicted molar refractivity (Wildman–Crippen MR) is 63.9 cm³/mol. The number of hydrogen-bond acceptors (Lipinski definition) is 0. The molecule has 0 aliphatic carbocycles. The largest absolute Gasteiger partial charge is 0.115 e. The fourth-order valence-electron chi connectivity index (χ4n) is 1.51. The van der Waals surface area contributed by atoms with Crippen molar-refractivity contribution in [2.45, 2.75) is 39.0 Å². The number of benzene rings is 1. The minimum Gasteiger partial charge on any atom is -0.115 e. The van der Waals surface area contributed by atoms with Gasteiger partial charge >= 0.3 is 0 Å². The van der Waals surface area contributed by atoms with Crippen molar-refractivity contribution in [3.63, 3.8) is 0 Å². The van der Waals surface area contributed by atoms with Crippen LogP contribution in [0.2, 0.25) is 0 Å². The summed E-state index contributed by atoms with van der Waals surface area (Å²) in [5.41, 5.74) is 2.58. The number of hydrogen-bond donors (Lipinski definition) is 0. The lowest BCUT2D eigenvalue weighted by atomic mass is 9.97. The molecule has 1 aromatic rings. The van der Waals surface area contributed by atoms with Crippen LogP contribution >= 0.6 is 11.6 Å². The zero-order valence-corrected chi connectivity index (χ0v) is 10.2. The maximum atomic E-state index is 6.22. The maximum Gasteiger partial charge on any atom is 0.0638 e. The molecular weight excluding hydrogens is 192 g/mol. The van der Waals surface area contributed by atoms with Crippen LogP contribution in [0.3, 0.4) is 0 Å². The summed E-state index contributed by atoms with van der Waals surface area (Å²) in [6.45, 7) is 8.51. The van der Waals surface area contributed by atoms with E-state index in [-0.39, 0.29) is 4.87 Å². The number of halogens is 1. The molecule has 0 aliphatic rings. The molecule has 0 amide bonds. The first-order valence-corrected chi connectivity index (χ1v) is 5.55. The van der Waals surface area contributed by atoms with E-state index >= 15 is 0 Å². The predicted octanol–water partition coefficient (Wildman–Crippen LogP) is 4.36. The summed E-state index contributed by atoms with van der Waals surface area (Å²) in [5.74, 6) is 0.713. The van der Waals surface area contributed by atoms with Crippen LogP contribution in [0, 0.1) is 5.92 Å². The number of alkyl halides is 1. The molecule has 0 spiro atoms. The van der Waals surface area contributed by atoms with E-state index in [2.05, 4.69) is 38.1 Å². The van der Waals surface area contributed by atoms with Crippen molar-refractivity contribution >= 4 is 11.6 Å². The van der Waals surface area contributed by atoms with Gasteiger partial charge in [-0.2, -0.15) is 0 Å². The molecular formula is C13H19Cl. The fourth-order valence-corrected chi connectivity index (χ4v) is 1.63. The molecule has 78 valence electrons. The van der Waals surface area contributed by atoms with Gasteiger partial charge < -0.3 is 0 Å². The Hall–Kier alpha value is -0.490. The van der Waals surface area contributed by atoms with Crippen LogP contribution in [-0.2, 0) is 11.3 Å². The van der Waals surface area contributed by atoms with Gasteiger partial charge in [-0.25, -0.2) is 0 Å². The Bertz CT molecular complexity index is 277. The summed E-state index contributed by atoms with van der Waals surface area (Å²) in [7, 11) is 0. The molecule has 0 saturated carbocycles. The lowest BCUT2D eigenvalue weighted by molar-refractivity contribution is 0.646. The summed E-state index contributed by atoms with van der Waals surface area (Å²) in [5, 5.41) is 0. The average Bonchev–Trinajstić information content (AvgIpc) is 2.02. The highest BCUT2D eigenvalue weighted by atomic mass is 35.5. The highest BCUT2D eigenvalue weighted by molar-refractivity contribution is 6.23. The van der Waals surface area contributed by atoms with E-state index in [1.807, 2.05) is 13.8 Å². The second-order valence-corrected chi connectivity index (χ2v) is 5.71. The van der Waals surface area contributed by atoms with Crippen LogP contribution < -0.4 is 0 Å². The van der Waals surface area contributed by atoms with E-state index in [0.29, 0.717) is 5.92 Å². The monoisotopic (exact) mass is 210 g/mol. The minimum atomic E-state index is -0.254. The summed E-state index contributed by atoms with van der Waals surface area (Å²) in [6, 6.07) is 8.62. The first-order chi connectivity index (χ1) is 6.39. The van der Waals surface area contributed by atoms with Crippen LogP contribution in [0.1, 0.15) is 38.8 Å². The molecule has 1 heteroatoms. The first kappa shape index (κ1) is 11.6. The topological polar surface area (TPSA) is 0 Å². The maximum absolute atomic E-state index is 6.22. The van der Waals surface area contributed by atoms with Crippen LogP contribution in [0.15, 0.2) is 24.3 Å². The average molecular weight is 211 g/mol. The SMILES string of the molecule is CC(C)Cc1ccc(C(C)(C)Cl)cc1. The molecule has 0 bridgehead atoms. The van der Waals surface area contributed by atoms with Gasteiger partial charge in [0.2, 0.25) is 0 Å². The third-order valence-electron chi connectivity index (χ3n) is 2.28. The van der Waals surface area contributed by atoms with Crippen molar-refractivity contribution in [3.05, 3.63) is 35.4 Å². The zero-order chi connectivity index (χ0) is 10.8. The van der Waals surface area contributed by atoms with Gasteiger partial charge in [0.05, 0.1) is 4.87 Å². The van der Waals surface area contributed by atoms with Gasteiger partial charge in [-0.05, 0) is 37.3 Å². The third kappa shape index (κ3) is 3.34. The second-order valence-electron chi connectivity index (χ2n) is 4.77. The molecule has 0 heterocycles. The van der Waals surface area contributed by atoms with Gasteiger partial charge in [-0.3, -0.25) is 0 Å². The number of rotatable bonds is 3. The third-order valence-corrected chi connectivity index (χ3v) is 2.50. The smallest absolute Gasteiger partial charge is 0.0638 e. The fraction of sp³-hybridized carbons (Fsp3) is 0.538. The molecule has 1 aromatic carbocycles. The minimum absolute atomic E-state index is 0.254. The van der Waals surface area contributed by atoms with Crippen molar-refractivity contribution < 1.29 is 0 Å². The Morgan fingerprint density at radius 1 is 1.14 bits per heavy atom. The molecule has 14 heavy (non-hydrogen) atoms. The van der Waals surface area contributed by atoms with Gasteiger partial charge in [0.15, 0.2) is 0 Å². The summed E-state index contributed by atoms with van der Waals surface area (Å²) in [4.78, 5) is -0.254. The van der Waals surface area contributed by atoms with Gasteiger partial charge in [0.1, 0.15) is 0 Å². The van der Waals surface area contributed by atoms with E-state index in [0.717, 1.165) is 6.42 Å². The highest BCUT2D eigenvalue weighted by Gasteiger charge is 2.15. The van der Waals surface area contributed by atoms with E-state index < -0.39 is 0 Å². The molecule has 0 aliphatic heterocycles.